The SMILES string of the molecule is CNC(c1ccc2c(c1)CCC2)c1cc(F)ccc1C. The zero-order chi connectivity index (χ0) is 14.1. The van der Waals surface area contributed by atoms with Crippen LogP contribution in [0.25, 0.3) is 0 Å². The number of halogens is 1. The Balaban J connectivity index is 2.03. The standard InChI is InChI=1S/C18H20FN/c1-12-6-9-16(19)11-17(12)18(20-2)15-8-7-13-4-3-5-14(13)10-15/h6-11,18,20H,3-5H2,1-2H3. The number of aryl methyl sites for hydroxylation is 3. The van der Waals surface area contributed by atoms with E-state index < -0.39 is 0 Å². The Morgan fingerprint density at radius 3 is 2.65 bits per heavy atom. The highest BCUT2D eigenvalue weighted by Gasteiger charge is 2.18. The smallest absolute Gasteiger partial charge is 0.123 e. The van der Waals surface area contributed by atoms with Crippen LogP contribution >= 0.6 is 0 Å². The van der Waals surface area contributed by atoms with Gasteiger partial charge in [0.05, 0.1) is 6.04 Å². The minimum Gasteiger partial charge on any atom is -0.309 e. The molecule has 0 saturated carbocycles. The van der Waals surface area contributed by atoms with Crippen molar-refractivity contribution in [2.45, 2.75) is 32.2 Å². The van der Waals surface area contributed by atoms with Crippen LogP contribution in [0, 0.1) is 12.7 Å². The maximum Gasteiger partial charge on any atom is 0.123 e. The largest absolute Gasteiger partial charge is 0.309 e. The van der Waals surface area contributed by atoms with Gasteiger partial charge in [0.25, 0.3) is 0 Å². The summed E-state index contributed by atoms with van der Waals surface area (Å²) in [4.78, 5) is 0. The first-order chi connectivity index (χ1) is 9.69. The first-order valence-corrected chi connectivity index (χ1v) is 7.24. The molecule has 0 radical (unpaired) electrons. The molecule has 1 unspecified atom stereocenters. The molecule has 0 amide bonds. The average molecular weight is 269 g/mol. The van der Waals surface area contributed by atoms with Crippen LogP contribution in [0.2, 0.25) is 0 Å². The molecule has 0 aliphatic heterocycles. The van der Waals surface area contributed by atoms with Gasteiger partial charge in [0, 0.05) is 0 Å². The van der Waals surface area contributed by atoms with Gasteiger partial charge in [-0.05, 0) is 73.2 Å². The number of benzene rings is 2. The molecule has 1 aliphatic carbocycles. The van der Waals surface area contributed by atoms with Crippen molar-refractivity contribution in [1.82, 2.24) is 5.32 Å². The van der Waals surface area contributed by atoms with Crippen molar-refractivity contribution >= 4 is 0 Å². The second kappa shape index (κ2) is 5.37. The van der Waals surface area contributed by atoms with E-state index in [1.165, 1.54) is 42.0 Å². The fourth-order valence-corrected chi connectivity index (χ4v) is 3.20. The van der Waals surface area contributed by atoms with Crippen molar-refractivity contribution in [3.8, 4) is 0 Å². The maximum atomic E-state index is 13.6. The Morgan fingerprint density at radius 2 is 1.85 bits per heavy atom. The Kier molecular flexibility index (Phi) is 3.58. The number of nitrogens with one attached hydrogen (secondary N) is 1. The lowest BCUT2D eigenvalue weighted by molar-refractivity contribution is 0.615. The molecule has 0 aromatic heterocycles. The quantitative estimate of drug-likeness (QED) is 0.890. The summed E-state index contributed by atoms with van der Waals surface area (Å²) in [5.74, 6) is -0.174. The summed E-state index contributed by atoms with van der Waals surface area (Å²) in [7, 11) is 1.93. The minimum atomic E-state index is -0.174. The van der Waals surface area contributed by atoms with E-state index in [0.29, 0.717) is 0 Å². The molecule has 0 spiro atoms. The monoisotopic (exact) mass is 269 g/mol. The Morgan fingerprint density at radius 1 is 1.05 bits per heavy atom. The Labute approximate surface area is 119 Å². The zero-order valence-corrected chi connectivity index (χ0v) is 12.0. The Hall–Kier alpha value is -1.67. The predicted molar refractivity (Wildman–Crippen MR) is 80.5 cm³/mol. The molecule has 3 rings (SSSR count). The third-order valence-electron chi connectivity index (χ3n) is 4.30. The third-order valence-corrected chi connectivity index (χ3v) is 4.30. The highest BCUT2D eigenvalue weighted by atomic mass is 19.1. The summed E-state index contributed by atoms with van der Waals surface area (Å²) in [5, 5.41) is 3.33. The molecule has 1 nitrogen and oxygen atoms in total. The summed E-state index contributed by atoms with van der Waals surface area (Å²) in [6.07, 6.45) is 3.61. The average Bonchev–Trinajstić information content (AvgIpc) is 2.91. The van der Waals surface area contributed by atoms with Crippen molar-refractivity contribution in [2.24, 2.45) is 0 Å². The molecular weight excluding hydrogens is 249 g/mol. The van der Waals surface area contributed by atoms with Crippen LogP contribution in [0.1, 0.15) is 40.3 Å². The van der Waals surface area contributed by atoms with Crippen molar-refractivity contribution in [3.05, 3.63) is 70.0 Å². The lowest BCUT2D eigenvalue weighted by Crippen LogP contribution is -2.19. The summed E-state index contributed by atoms with van der Waals surface area (Å²) < 4.78 is 13.6. The van der Waals surface area contributed by atoms with E-state index in [4.69, 9.17) is 0 Å². The van der Waals surface area contributed by atoms with Gasteiger partial charge in [0.2, 0.25) is 0 Å². The molecule has 2 heteroatoms. The molecule has 104 valence electrons. The molecule has 1 atom stereocenters. The van der Waals surface area contributed by atoms with Gasteiger partial charge >= 0.3 is 0 Å². The molecule has 0 fully saturated rings. The van der Waals surface area contributed by atoms with Crippen molar-refractivity contribution in [3.63, 3.8) is 0 Å². The van der Waals surface area contributed by atoms with Gasteiger partial charge in [0.15, 0.2) is 0 Å². The van der Waals surface area contributed by atoms with E-state index in [1.807, 2.05) is 20.0 Å². The van der Waals surface area contributed by atoms with Gasteiger partial charge < -0.3 is 5.32 Å². The van der Waals surface area contributed by atoms with Crippen LogP contribution in [0.15, 0.2) is 36.4 Å². The number of hydrogen-bond donors (Lipinski definition) is 1. The first kappa shape index (κ1) is 13.3. The molecule has 2 aromatic rings. The number of fused-ring (bicyclic) bond motifs is 1. The number of rotatable bonds is 3. The minimum absolute atomic E-state index is 0.0524. The van der Waals surface area contributed by atoms with Crippen LogP contribution in [-0.4, -0.2) is 7.05 Å². The van der Waals surface area contributed by atoms with Crippen LogP contribution in [0.4, 0.5) is 4.39 Å². The van der Waals surface area contributed by atoms with Gasteiger partial charge in [-0.15, -0.1) is 0 Å². The van der Waals surface area contributed by atoms with Gasteiger partial charge in [-0.25, -0.2) is 4.39 Å². The molecule has 0 bridgehead atoms. The van der Waals surface area contributed by atoms with E-state index >= 15 is 0 Å². The van der Waals surface area contributed by atoms with Crippen molar-refractivity contribution in [1.29, 1.82) is 0 Å². The van der Waals surface area contributed by atoms with E-state index in [1.54, 1.807) is 6.07 Å². The summed E-state index contributed by atoms with van der Waals surface area (Å²) in [5.41, 5.74) is 6.29. The van der Waals surface area contributed by atoms with Crippen LogP contribution in [-0.2, 0) is 12.8 Å². The maximum absolute atomic E-state index is 13.6. The molecule has 0 heterocycles. The fraction of sp³-hybridized carbons (Fsp3) is 0.333. The van der Waals surface area contributed by atoms with Gasteiger partial charge in [-0.3, -0.25) is 0 Å². The summed E-state index contributed by atoms with van der Waals surface area (Å²) in [6.45, 7) is 2.03. The second-order valence-corrected chi connectivity index (χ2v) is 5.60. The highest BCUT2D eigenvalue weighted by Crippen LogP contribution is 2.30. The molecule has 0 saturated heterocycles. The Bertz CT molecular complexity index is 633. The zero-order valence-electron chi connectivity index (χ0n) is 12.0. The van der Waals surface area contributed by atoms with Crippen LogP contribution in [0.5, 0.6) is 0 Å². The molecule has 2 aromatic carbocycles. The van der Waals surface area contributed by atoms with Crippen LogP contribution in [0.3, 0.4) is 0 Å². The molecule has 1 N–H and O–H groups in total. The normalized spacial score (nSPS) is 15.2. The first-order valence-electron chi connectivity index (χ1n) is 7.24. The predicted octanol–water partition coefficient (Wildman–Crippen LogP) is 3.93. The second-order valence-electron chi connectivity index (χ2n) is 5.60. The fourth-order valence-electron chi connectivity index (χ4n) is 3.20. The van der Waals surface area contributed by atoms with Crippen molar-refractivity contribution < 1.29 is 4.39 Å². The van der Waals surface area contributed by atoms with E-state index in [9.17, 15) is 4.39 Å². The third kappa shape index (κ3) is 2.36. The molecule has 20 heavy (non-hydrogen) atoms. The van der Waals surface area contributed by atoms with Crippen LogP contribution < -0.4 is 5.32 Å². The van der Waals surface area contributed by atoms with Gasteiger partial charge in [-0.1, -0.05) is 24.3 Å². The van der Waals surface area contributed by atoms with Gasteiger partial charge in [0.1, 0.15) is 5.82 Å². The number of hydrogen-bond acceptors (Lipinski definition) is 1. The summed E-state index contributed by atoms with van der Waals surface area (Å²) in [6, 6.07) is 11.8. The molecular formula is C18H20FN. The van der Waals surface area contributed by atoms with E-state index in [-0.39, 0.29) is 11.9 Å². The highest BCUT2D eigenvalue weighted by molar-refractivity contribution is 5.42. The molecule has 1 aliphatic rings. The van der Waals surface area contributed by atoms with E-state index in [2.05, 4.69) is 23.5 Å². The van der Waals surface area contributed by atoms with Gasteiger partial charge in [-0.2, -0.15) is 0 Å². The lowest BCUT2D eigenvalue weighted by atomic mass is 9.93. The van der Waals surface area contributed by atoms with E-state index in [0.717, 1.165) is 11.1 Å². The van der Waals surface area contributed by atoms with Crippen molar-refractivity contribution in [2.75, 3.05) is 7.05 Å². The topological polar surface area (TPSA) is 12.0 Å². The summed E-state index contributed by atoms with van der Waals surface area (Å²) >= 11 is 0. The lowest BCUT2D eigenvalue weighted by Gasteiger charge is -2.20.